The van der Waals surface area contributed by atoms with Crippen LogP contribution in [0, 0.1) is 0 Å². The Morgan fingerprint density at radius 3 is 2.93 bits per heavy atom. The van der Waals surface area contributed by atoms with Gasteiger partial charge < -0.3 is 5.11 Å². The normalized spacial score (nSPS) is 15.6. The Balaban J connectivity index is 2.64. The monoisotopic (exact) mass is 302 g/mol. The van der Waals surface area contributed by atoms with Crippen molar-refractivity contribution in [3.05, 3.63) is 30.5 Å². The summed E-state index contributed by atoms with van der Waals surface area (Å²) >= 11 is 2.01. The van der Waals surface area contributed by atoms with Crippen molar-refractivity contribution in [1.29, 1.82) is 0 Å². The van der Waals surface area contributed by atoms with Gasteiger partial charge in [0.15, 0.2) is 0 Å². The molecule has 4 heteroatoms. The number of aromatic nitrogens is 2. The zero-order chi connectivity index (χ0) is 10.2. The SMILES string of the molecule is CCC(O)(I)n1ncc2ccccc21. The molecule has 1 aromatic carbocycles. The minimum absolute atomic E-state index is 0.624. The molecule has 0 aliphatic carbocycles. The van der Waals surface area contributed by atoms with Gasteiger partial charge in [-0.2, -0.15) is 5.10 Å². The molecule has 2 rings (SSSR count). The quantitative estimate of drug-likeness (QED) is 0.683. The summed E-state index contributed by atoms with van der Waals surface area (Å²) in [5.41, 5.74) is 0.964. The lowest BCUT2D eigenvalue weighted by Crippen LogP contribution is -2.25. The Morgan fingerprint density at radius 1 is 1.50 bits per heavy atom. The van der Waals surface area contributed by atoms with Gasteiger partial charge in [0.25, 0.3) is 0 Å². The number of benzene rings is 1. The van der Waals surface area contributed by atoms with E-state index in [1.54, 1.807) is 10.9 Å². The average Bonchev–Trinajstić information content (AvgIpc) is 2.61. The van der Waals surface area contributed by atoms with E-state index >= 15 is 0 Å². The minimum Gasteiger partial charge on any atom is -0.361 e. The molecule has 1 unspecified atom stereocenters. The second kappa shape index (κ2) is 3.51. The third-order valence-electron chi connectivity index (χ3n) is 2.25. The van der Waals surface area contributed by atoms with Crippen molar-refractivity contribution in [2.75, 3.05) is 0 Å². The second-order valence-corrected chi connectivity index (χ2v) is 4.92. The number of para-hydroxylation sites is 1. The fourth-order valence-corrected chi connectivity index (χ4v) is 1.78. The van der Waals surface area contributed by atoms with E-state index in [1.807, 2.05) is 53.8 Å². The molecule has 0 saturated carbocycles. The van der Waals surface area contributed by atoms with Gasteiger partial charge in [0, 0.05) is 11.8 Å². The van der Waals surface area contributed by atoms with Crippen molar-refractivity contribution in [2.45, 2.75) is 17.1 Å². The van der Waals surface area contributed by atoms with E-state index < -0.39 is 3.73 Å². The number of hydrogen-bond donors (Lipinski definition) is 1. The first-order valence-corrected chi connectivity index (χ1v) is 5.57. The number of rotatable bonds is 2. The highest BCUT2D eigenvalue weighted by Gasteiger charge is 2.24. The summed E-state index contributed by atoms with van der Waals surface area (Å²) in [6.07, 6.45) is 2.40. The van der Waals surface area contributed by atoms with E-state index in [9.17, 15) is 5.11 Å². The first-order valence-electron chi connectivity index (χ1n) is 4.49. The van der Waals surface area contributed by atoms with E-state index in [0.717, 1.165) is 10.9 Å². The fourth-order valence-electron chi connectivity index (χ4n) is 1.39. The molecular weight excluding hydrogens is 291 g/mol. The Kier molecular flexibility index (Phi) is 2.48. The number of fused-ring (bicyclic) bond motifs is 1. The number of alkyl halides is 1. The summed E-state index contributed by atoms with van der Waals surface area (Å²) in [6.45, 7) is 1.93. The maximum absolute atomic E-state index is 10.1. The molecule has 0 fully saturated rings. The number of hydrogen-bond acceptors (Lipinski definition) is 2. The van der Waals surface area contributed by atoms with Gasteiger partial charge in [0.1, 0.15) is 0 Å². The molecule has 0 radical (unpaired) electrons. The lowest BCUT2D eigenvalue weighted by atomic mass is 10.2. The van der Waals surface area contributed by atoms with Crippen molar-refractivity contribution >= 4 is 33.5 Å². The van der Waals surface area contributed by atoms with E-state index in [1.165, 1.54) is 0 Å². The van der Waals surface area contributed by atoms with Gasteiger partial charge in [-0.25, -0.2) is 4.68 Å². The second-order valence-electron chi connectivity index (χ2n) is 3.19. The summed E-state index contributed by atoms with van der Waals surface area (Å²) in [7, 11) is 0. The van der Waals surface area contributed by atoms with Crippen LogP contribution in [0.25, 0.3) is 10.9 Å². The molecule has 0 aliphatic heterocycles. The predicted octanol–water partition coefficient (Wildman–Crippen LogP) is 2.48. The zero-order valence-corrected chi connectivity index (χ0v) is 9.97. The van der Waals surface area contributed by atoms with Crippen molar-refractivity contribution < 1.29 is 5.11 Å². The molecule has 1 aromatic heterocycles. The molecule has 14 heavy (non-hydrogen) atoms. The number of aliphatic hydroxyl groups is 1. The molecule has 0 spiro atoms. The lowest BCUT2D eigenvalue weighted by molar-refractivity contribution is 0.0698. The highest BCUT2D eigenvalue weighted by atomic mass is 127. The van der Waals surface area contributed by atoms with Gasteiger partial charge in [0.2, 0.25) is 3.73 Å². The summed E-state index contributed by atoms with van der Waals surface area (Å²) in [5, 5.41) is 15.3. The van der Waals surface area contributed by atoms with Gasteiger partial charge in [-0.1, -0.05) is 25.1 Å². The molecule has 74 valence electrons. The smallest absolute Gasteiger partial charge is 0.210 e. The third kappa shape index (κ3) is 1.52. The number of halogens is 1. The van der Waals surface area contributed by atoms with Crippen LogP contribution in [-0.4, -0.2) is 14.9 Å². The minimum atomic E-state index is -0.930. The van der Waals surface area contributed by atoms with Crippen LogP contribution >= 0.6 is 22.6 Å². The van der Waals surface area contributed by atoms with E-state index in [-0.39, 0.29) is 0 Å². The van der Waals surface area contributed by atoms with Crippen molar-refractivity contribution in [3.8, 4) is 0 Å². The van der Waals surface area contributed by atoms with Gasteiger partial charge in [0.05, 0.1) is 11.7 Å². The molecule has 1 atom stereocenters. The lowest BCUT2D eigenvalue weighted by Gasteiger charge is -2.20. The maximum atomic E-state index is 10.1. The first-order chi connectivity index (χ1) is 6.65. The average molecular weight is 302 g/mol. The van der Waals surface area contributed by atoms with Crippen molar-refractivity contribution in [2.24, 2.45) is 0 Å². The van der Waals surface area contributed by atoms with Gasteiger partial charge in [-0.05, 0) is 28.7 Å². The van der Waals surface area contributed by atoms with Crippen LogP contribution in [0.15, 0.2) is 30.5 Å². The standard InChI is InChI=1S/C10H11IN2O/c1-2-10(11,14)13-9-6-4-3-5-8(9)7-12-13/h3-7,14H,2H2,1H3. The van der Waals surface area contributed by atoms with Gasteiger partial charge in [-0.3, -0.25) is 0 Å². The van der Waals surface area contributed by atoms with E-state index in [2.05, 4.69) is 5.10 Å². The largest absolute Gasteiger partial charge is 0.361 e. The van der Waals surface area contributed by atoms with Crippen LogP contribution < -0.4 is 0 Å². The highest BCUT2D eigenvalue weighted by Crippen LogP contribution is 2.28. The Morgan fingerprint density at radius 2 is 2.21 bits per heavy atom. The van der Waals surface area contributed by atoms with Crippen LogP contribution in [-0.2, 0) is 3.73 Å². The Labute approximate surface area is 95.9 Å². The van der Waals surface area contributed by atoms with Gasteiger partial charge in [-0.15, -0.1) is 0 Å². The van der Waals surface area contributed by atoms with Crippen LogP contribution in [0.2, 0.25) is 0 Å². The molecule has 3 nitrogen and oxygen atoms in total. The predicted molar refractivity (Wildman–Crippen MR) is 64.2 cm³/mol. The molecule has 0 saturated heterocycles. The van der Waals surface area contributed by atoms with Crippen molar-refractivity contribution in [3.63, 3.8) is 0 Å². The van der Waals surface area contributed by atoms with E-state index in [4.69, 9.17) is 0 Å². The molecule has 0 aliphatic rings. The first kappa shape index (κ1) is 9.92. The topological polar surface area (TPSA) is 38.0 Å². The van der Waals surface area contributed by atoms with Crippen LogP contribution in [0.1, 0.15) is 13.3 Å². The highest BCUT2D eigenvalue weighted by molar-refractivity contribution is 14.1. The Bertz CT molecular complexity index is 450. The molecule has 0 amide bonds. The molecule has 0 bridgehead atoms. The van der Waals surface area contributed by atoms with Gasteiger partial charge >= 0.3 is 0 Å². The summed E-state index contributed by atoms with van der Waals surface area (Å²) in [5.74, 6) is 0. The van der Waals surface area contributed by atoms with Crippen molar-refractivity contribution in [1.82, 2.24) is 9.78 Å². The fraction of sp³-hybridized carbons (Fsp3) is 0.300. The number of nitrogens with zero attached hydrogens (tertiary/aromatic N) is 2. The zero-order valence-electron chi connectivity index (χ0n) is 7.81. The maximum Gasteiger partial charge on any atom is 0.210 e. The van der Waals surface area contributed by atoms with Crippen LogP contribution in [0.4, 0.5) is 0 Å². The summed E-state index contributed by atoms with van der Waals surface area (Å²) in [6, 6.07) is 7.86. The molecule has 1 N–H and O–H groups in total. The molecule has 1 heterocycles. The molecular formula is C10H11IN2O. The van der Waals surface area contributed by atoms with Crippen LogP contribution in [0.5, 0.6) is 0 Å². The summed E-state index contributed by atoms with van der Waals surface area (Å²) in [4.78, 5) is 0. The Hall–Kier alpha value is -0.620. The van der Waals surface area contributed by atoms with Crippen LogP contribution in [0.3, 0.4) is 0 Å². The molecule has 2 aromatic rings. The third-order valence-corrected chi connectivity index (χ3v) is 3.47. The van der Waals surface area contributed by atoms with E-state index in [0.29, 0.717) is 6.42 Å². The summed E-state index contributed by atoms with van der Waals surface area (Å²) < 4.78 is 0.726.